The number of rotatable bonds is 6. The van der Waals surface area contributed by atoms with Crippen LogP contribution < -0.4 is 0 Å². The van der Waals surface area contributed by atoms with Gasteiger partial charge in [-0.3, -0.25) is 9.59 Å². The molecule has 24 heavy (non-hydrogen) atoms. The molecule has 0 aliphatic heterocycles. The van der Waals surface area contributed by atoms with Gasteiger partial charge in [-0.15, -0.1) is 11.3 Å². The van der Waals surface area contributed by atoms with Crippen molar-refractivity contribution in [2.75, 3.05) is 0 Å². The van der Waals surface area contributed by atoms with E-state index in [0.717, 1.165) is 10.3 Å². The van der Waals surface area contributed by atoms with E-state index in [2.05, 4.69) is 0 Å². The smallest absolute Gasteiger partial charge is 0.303 e. The van der Waals surface area contributed by atoms with Crippen LogP contribution in [0.25, 0.3) is 10.1 Å². The number of ketones is 1. The predicted molar refractivity (Wildman–Crippen MR) is 93.9 cm³/mol. The molecule has 1 unspecified atom stereocenters. The summed E-state index contributed by atoms with van der Waals surface area (Å²) in [6.07, 6.45) is -0.0713. The number of aliphatic carboxylic acids is 1. The molecular formula is C19H16O4S. The standard InChI is InChI=1S/C19H16O4S/c20-15(19-18(23)14-8-4-5-9-16(14)24-19)10-13(11-17(21)22)12-6-2-1-3-7-12/h1-9,13,23H,10-11H2,(H,21,22). The Morgan fingerprint density at radius 2 is 1.62 bits per heavy atom. The Kier molecular flexibility index (Phi) is 4.62. The fourth-order valence-corrected chi connectivity index (χ4v) is 3.83. The molecule has 0 saturated heterocycles. The summed E-state index contributed by atoms with van der Waals surface area (Å²) in [4.78, 5) is 24.1. The molecule has 0 fully saturated rings. The zero-order valence-corrected chi connectivity index (χ0v) is 13.6. The Bertz CT molecular complexity index is 883. The molecule has 3 aromatic rings. The lowest BCUT2D eigenvalue weighted by Crippen LogP contribution is -2.11. The second-order valence-electron chi connectivity index (χ2n) is 5.61. The van der Waals surface area contributed by atoms with Crippen molar-refractivity contribution >= 4 is 33.2 Å². The highest BCUT2D eigenvalue weighted by Crippen LogP contribution is 2.38. The number of aromatic hydroxyl groups is 1. The Hall–Kier alpha value is -2.66. The Labute approximate surface area is 143 Å². The third-order valence-corrected chi connectivity index (χ3v) is 5.15. The fourth-order valence-electron chi connectivity index (χ4n) is 2.78. The van der Waals surface area contributed by atoms with Gasteiger partial charge in [0.1, 0.15) is 10.6 Å². The Balaban J connectivity index is 1.90. The minimum Gasteiger partial charge on any atom is -0.506 e. The normalized spacial score (nSPS) is 12.2. The van der Waals surface area contributed by atoms with E-state index in [1.54, 1.807) is 12.1 Å². The van der Waals surface area contributed by atoms with Crippen molar-refractivity contribution in [3.05, 3.63) is 65.0 Å². The first kappa shape index (κ1) is 16.2. The molecule has 0 spiro atoms. The molecule has 1 aromatic heterocycles. The minimum absolute atomic E-state index is 0.0114. The second-order valence-corrected chi connectivity index (χ2v) is 6.66. The minimum atomic E-state index is -0.947. The van der Waals surface area contributed by atoms with Gasteiger partial charge in [0.05, 0.1) is 6.42 Å². The number of carboxylic acids is 1. The van der Waals surface area contributed by atoms with Gasteiger partial charge >= 0.3 is 5.97 Å². The van der Waals surface area contributed by atoms with Gasteiger partial charge in [-0.1, -0.05) is 42.5 Å². The van der Waals surface area contributed by atoms with E-state index in [0.29, 0.717) is 10.3 Å². The highest BCUT2D eigenvalue weighted by Gasteiger charge is 2.24. The van der Waals surface area contributed by atoms with Crippen molar-refractivity contribution in [1.29, 1.82) is 0 Å². The summed E-state index contributed by atoms with van der Waals surface area (Å²) in [5, 5.41) is 20.1. The van der Waals surface area contributed by atoms with E-state index in [9.17, 15) is 14.7 Å². The summed E-state index contributed by atoms with van der Waals surface area (Å²) < 4.78 is 0.841. The first-order chi connectivity index (χ1) is 11.6. The first-order valence-corrected chi connectivity index (χ1v) is 8.38. The molecule has 0 aliphatic carbocycles. The zero-order chi connectivity index (χ0) is 17.1. The number of hydrogen-bond donors (Lipinski definition) is 2. The van der Waals surface area contributed by atoms with Crippen LogP contribution in [0.5, 0.6) is 5.75 Å². The third-order valence-electron chi connectivity index (χ3n) is 3.95. The van der Waals surface area contributed by atoms with Gasteiger partial charge in [0.2, 0.25) is 0 Å². The molecule has 0 aliphatic rings. The molecule has 4 nitrogen and oxygen atoms in total. The molecule has 1 heterocycles. The maximum atomic E-state index is 12.7. The topological polar surface area (TPSA) is 74.6 Å². The molecule has 0 bridgehead atoms. The molecule has 0 radical (unpaired) electrons. The number of Topliss-reactive ketones (excluding diaryl/α,β-unsaturated/α-hetero) is 1. The van der Waals surface area contributed by atoms with E-state index in [4.69, 9.17) is 5.11 Å². The number of carbonyl (C=O) groups is 2. The van der Waals surface area contributed by atoms with Gasteiger partial charge < -0.3 is 10.2 Å². The second kappa shape index (κ2) is 6.84. The maximum absolute atomic E-state index is 12.7. The molecular weight excluding hydrogens is 324 g/mol. The van der Waals surface area contributed by atoms with Gasteiger partial charge in [0.15, 0.2) is 5.78 Å². The lowest BCUT2D eigenvalue weighted by Gasteiger charge is -2.14. The number of hydrogen-bond acceptors (Lipinski definition) is 4. The van der Waals surface area contributed by atoms with Crippen LogP contribution in [0.1, 0.15) is 34.0 Å². The van der Waals surface area contributed by atoms with Crippen LogP contribution in [-0.2, 0) is 4.79 Å². The number of carbonyl (C=O) groups excluding carboxylic acids is 1. The van der Waals surface area contributed by atoms with E-state index in [1.807, 2.05) is 42.5 Å². The van der Waals surface area contributed by atoms with E-state index >= 15 is 0 Å². The van der Waals surface area contributed by atoms with Crippen molar-refractivity contribution in [1.82, 2.24) is 0 Å². The number of carboxylic acid groups (broad SMARTS) is 1. The SMILES string of the molecule is O=C(O)CC(CC(=O)c1sc2ccccc2c1O)c1ccccc1. The van der Waals surface area contributed by atoms with E-state index in [1.165, 1.54) is 11.3 Å². The van der Waals surface area contributed by atoms with Crippen LogP contribution in [0.3, 0.4) is 0 Å². The summed E-state index contributed by atoms with van der Waals surface area (Å²) in [6.45, 7) is 0. The monoisotopic (exact) mass is 340 g/mol. The van der Waals surface area contributed by atoms with Crippen molar-refractivity contribution in [3.63, 3.8) is 0 Å². The lowest BCUT2D eigenvalue weighted by atomic mass is 9.90. The predicted octanol–water partition coefficient (Wildman–Crippen LogP) is 4.44. The van der Waals surface area contributed by atoms with Crippen molar-refractivity contribution in [3.8, 4) is 5.75 Å². The van der Waals surface area contributed by atoms with Gasteiger partial charge in [-0.2, -0.15) is 0 Å². The third kappa shape index (κ3) is 3.31. The van der Waals surface area contributed by atoms with E-state index in [-0.39, 0.29) is 24.4 Å². The Morgan fingerprint density at radius 3 is 2.29 bits per heavy atom. The van der Waals surface area contributed by atoms with E-state index < -0.39 is 11.9 Å². The molecule has 0 amide bonds. The largest absolute Gasteiger partial charge is 0.506 e. The van der Waals surface area contributed by atoms with Gasteiger partial charge in [0, 0.05) is 22.4 Å². The van der Waals surface area contributed by atoms with Gasteiger partial charge in [-0.25, -0.2) is 0 Å². The molecule has 1 atom stereocenters. The molecule has 5 heteroatoms. The summed E-state index contributed by atoms with van der Waals surface area (Å²) in [6, 6.07) is 16.4. The molecule has 2 N–H and O–H groups in total. The van der Waals surface area contributed by atoms with Crippen LogP contribution in [0.15, 0.2) is 54.6 Å². The van der Waals surface area contributed by atoms with Crippen LogP contribution in [0.2, 0.25) is 0 Å². The highest BCUT2D eigenvalue weighted by atomic mass is 32.1. The summed E-state index contributed by atoms with van der Waals surface area (Å²) in [7, 11) is 0. The lowest BCUT2D eigenvalue weighted by molar-refractivity contribution is -0.137. The first-order valence-electron chi connectivity index (χ1n) is 7.56. The average molecular weight is 340 g/mol. The summed E-state index contributed by atoms with van der Waals surface area (Å²) >= 11 is 1.24. The molecule has 3 rings (SSSR count). The summed E-state index contributed by atoms with van der Waals surface area (Å²) in [5.74, 6) is -1.61. The molecule has 122 valence electrons. The molecule has 0 saturated carbocycles. The van der Waals surface area contributed by atoms with Crippen molar-refractivity contribution in [2.45, 2.75) is 18.8 Å². The van der Waals surface area contributed by atoms with Gasteiger partial charge in [0.25, 0.3) is 0 Å². The van der Waals surface area contributed by atoms with Crippen LogP contribution in [0.4, 0.5) is 0 Å². The zero-order valence-electron chi connectivity index (χ0n) is 12.8. The molecule has 2 aromatic carbocycles. The number of thiophene rings is 1. The van der Waals surface area contributed by atoms with Crippen LogP contribution in [0, 0.1) is 0 Å². The Morgan fingerprint density at radius 1 is 0.958 bits per heavy atom. The maximum Gasteiger partial charge on any atom is 0.303 e. The van der Waals surface area contributed by atoms with Crippen molar-refractivity contribution < 1.29 is 19.8 Å². The van der Waals surface area contributed by atoms with Crippen LogP contribution in [-0.4, -0.2) is 22.0 Å². The van der Waals surface area contributed by atoms with Crippen LogP contribution >= 0.6 is 11.3 Å². The van der Waals surface area contributed by atoms with Gasteiger partial charge in [-0.05, 0) is 17.7 Å². The average Bonchev–Trinajstić information content (AvgIpc) is 2.92. The fraction of sp³-hybridized carbons (Fsp3) is 0.158. The summed E-state index contributed by atoms with van der Waals surface area (Å²) in [5.41, 5.74) is 0.814. The van der Waals surface area contributed by atoms with Crippen molar-refractivity contribution in [2.24, 2.45) is 0 Å². The quantitative estimate of drug-likeness (QED) is 0.651. The number of benzene rings is 2. The number of fused-ring (bicyclic) bond motifs is 1. The highest BCUT2D eigenvalue weighted by molar-refractivity contribution is 7.21.